The molecule has 1 fully saturated rings. The first-order valence-corrected chi connectivity index (χ1v) is 12.6. The Bertz CT molecular complexity index is 1280. The number of rotatable bonds is 6. The molecule has 0 bridgehead atoms. The first-order chi connectivity index (χ1) is 16.6. The van der Waals surface area contributed by atoms with E-state index in [-0.39, 0.29) is 23.8 Å². The van der Waals surface area contributed by atoms with Gasteiger partial charge in [0.25, 0.3) is 5.91 Å². The molecule has 4 aromatic rings. The Morgan fingerprint density at radius 3 is 2.38 bits per heavy atom. The van der Waals surface area contributed by atoms with Crippen LogP contribution in [-0.4, -0.2) is 29.6 Å². The van der Waals surface area contributed by atoms with Gasteiger partial charge >= 0.3 is 5.97 Å². The van der Waals surface area contributed by atoms with Crippen LogP contribution in [0.25, 0.3) is 21.3 Å². The summed E-state index contributed by atoms with van der Waals surface area (Å²) in [5.41, 5.74) is 5.30. The van der Waals surface area contributed by atoms with Crippen molar-refractivity contribution in [1.82, 2.24) is 9.88 Å². The number of hydrogen-bond donors (Lipinski definition) is 1. The lowest BCUT2D eigenvalue weighted by Crippen LogP contribution is -2.38. The van der Waals surface area contributed by atoms with E-state index >= 15 is 0 Å². The van der Waals surface area contributed by atoms with Crippen molar-refractivity contribution in [1.29, 1.82) is 0 Å². The zero-order valence-corrected chi connectivity index (χ0v) is 20.0. The van der Waals surface area contributed by atoms with Crippen LogP contribution in [0.5, 0.6) is 0 Å². The highest BCUT2D eigenvalue weighted by molar-refractivity contribution is 7.17. The van der Waals surface area contributed by atoms with Gasteiger partial charge in [-0.1, -0.05) is 54.6 Å². The summed E-state index contributed by atoms with van der Waals surface area (Å²) in [4.78, 5) is 24.9. The number of amides is 1. The van der Waals surface area contributed by atoms with Gasteiger partial charge in [-0.05, 0) is 48.4 Å². The predicted octanol–water partition coefficient (Wildman–Crippen LogP) is 5.88. The number of aromatic nitrogens is 1. The molecule has 5 nitrogen and oxygen atoms in total. The molecule has 0 atom stereocenters. The SMILES string of the molecule is COC(=O)C1CCC(NC(=O)c2csc3ccn(Cc4ccc(-c5ccccc5)cc4)c23)CC1. The number of carbonyl (C=O) groups excluding carboxylic acids is 2. The molecular formula is C28H28N2O3S. The Labute approximate surface area is 203 Å². The Balaban J connectivity index is 1.28. The molecule has 2 aromatic carbocycles. The fourth-order valence-electron chi connectivity index (χ4n) is 4.84. The van der Waals surface area contributed by atoms with Gasteiger partial charge in [-0.15, -0.1) is 11.3 Å². The summed E-state index contributed by atoms with van der Waals surface area (Å²) in [7, 11) is 1.44. The fourth-order valence-corrected chi connectivity index (χ4v) is 5.78. The zero-order chi connectivity index (χ0) is 23.5. The average molecular weight is 473 g/mol. The first-order valence-electron chi connectivity index (χ1n) is 11.7. The van der Waals surface area contributed by atoms with E-state index in [9.17, 15) is 9.59 Å². The van der Waals surface area contributed by atoms with E-state index < -0.39 is 0 Å². The van der Waals surface area contributed by atoms with Crippen molar-refractivity contribution in [3.63, 3.8) is 0 Å². The third-order valence-corrected chi connectivity index (χ3v) is 7.68. The number of thiophene rings is 1. The minimum Gasteiger partial charge on any atom is -0.469 e. The van der Waals surface area contributed by atoms with Crippen LogP contribution >= 0.6 is 11.3 Å². The second kappa shape index (κ2) is 9.85. The summed E-state index contributed by atoms with van der Waals surface area (Å²) in [6.07, 6.45) is 5.17. The van der Waals surface area contributed by atoms with Gasteiger partial charge in [-0.2, -0.15) is 0 Å². The van der Waals surface area contributed by atoms with Crippen molar-refractivity contribution in [3.8, 4) is 11.1 Å². The molecule has 0 saturated heterocycles. The largest absolute Gasteiger partial charge is 0.469 e. The second-order valence-electron chi connectivity index (χ2n) is 8.91. The highest BCUT2D eigenvalue weighted by atomic mass is 32.1. The van der Waals surface area contributed by atoms with Gasteiger partial charge in [0.1, 0.15) is 0 Å². The zero-order valence-electron chi connectivity index (χ0n) is 19.2. The van der Waals surface area contributed by atoms with Crippen LogP contribution in [0.2, 0.25) is 0 Å². The van der Waals surface area contributed by atoms with Crippen molar-refractivity contribution in [3.05, 3.63) is 83.4 Å². The molecule has 0 unspecified atom stereocenters. The Kier molecular flexibility index (Phi) is 6.50. The van der Waals surface area contributed by atoms with Gasteiger partial charge in [0.05, 0.1) is 28.8 Å². The Morgan fingerprint density at radius 2 is 1.68 bits per heavy atom. The molecule has 0 aliphatic heterocycles. The maximum Gasteiger partial charge on any atom is 0.308 e. The van der Waals surface area contributed by atoms with E-state index in [0.717, 1.165) is 41.5 Å². The number of nitrogens with one attached hydrogen (secondary N) is 1. The van der Waals surface area contributed by atoms with E-state index in [4.69, 9.17) is 4.74 Å². The number of benzene rings is 2. The van der Waals surface area contributed by atoms with E-state index in [2.05, 4.69) is 58.5 Å². The minimum absolute atomic E-state index is 0.0351. The molecule has 174 valence electrons. The maximum atomic E-state index is 13.2. The van der Waals surface area contributed by atoms with Crippen molar-refractivity contribution >= 4 is 33.4 Å². The topological polar surface area (TPSA) is 60.3 Å². The molecule has 1 aliphatic rings. The lowest BCUT2D eigenvalue weighted by molar-refractivity contribution is -0.146. The third-order valence-electron chi connectivity index (χ3n) is 6.74. The van der Waals surface area contributed by atoms with Crippen molar-refractivity contribution in [2.45, 2.75) is 38.3 Å². The molecule has 5 rings (SSSR count). The van der Waals surface area contributed by atoms with Crippen molar-refractivity contribution in [2.75, 3.05) is 7.11 Å². The molecule has 34 heavy (non-hydrogen) atoms. The quantitative estimate of drug-likeness (QED) is 0.357. The lowest BCUT2D eigenvalue weighted by Gasteiger charge is -2.27. The molecule has 1 amide bonds. The third kappa shape index (κ3) is 4.64. The number of ether oxygens (including phenoxy) is 1. The van der Waals surface area contributed by atoms with E-state index in [1.54, 1.807) is 11.3 Å². The van der Waals surface area contributed by atoms with Crippen molar-refractivity contribution in [2.24, 2.45) is 5.92 Å². The standard InChI is InChI=1S/C28H28N2O3S/c1-33-28(32)22-11-13-23(14-12-22)29-27(31)24-18-34-25-15-16-30(26(24)25)17-19-7-9-21(10-8-19)20-5-3-2-4-6-20/h2-10,15-16,18,22-23H,11-14,17H2,1H3,(H,29,31). The van der Waals surface area contributed by atoms with Crippen LogP contribution in [0, 0.1) is 5.92 Å². The number of esters is 1. The highest BCUT2D eigenvalue weighted by Gasteiger charge is 2.28. The number of carbonyl (C=O) groups is 2. The highest BCUT2D eigenvalue weighted by Crippen LogP contribution is 2.30. The summed E-state index contributed by atoms with van der Waals surface area (Å²) >= 11 is 1.60. The number of methoxy groups -OCH3 is 1. The summed E-state index contributed by atoms with van der Waals surface area (Å²) in [5.74, 6) is -0.220. The molecule has 2 aromatic heterocycles. The van der Waals surface area contributed by atoms with E-state index in [1.165, 1.54) is 23.8 Å². The monoisotopic (exact) mass is 472 g/mol. The van der Waals surface area contributed by atoms with Gasteiger partial charge in [0.2, 0.25) is 0 Å². The normalized spacial score (nSPS) is 18.0. The molecule has 1 saturated carbocycles. The van der Waals surface area contributed by atoms with E-state index in [1.807, 2.05) is 23.6 Å². The molecule has 2 heterocycles. The second-order valence-corrected chi connectivity index (χ2v) is 9.83. The van der Waals surface area contributed by atoms with Crippen LogP contribution in [0.3, 0.4) is 0 Å². The van der Waals surface area contributed by atoms with Crippen LogP contribution in [0.1, 0.15) is 41.6 Å². The Morgan fingerprint density at radius 1 is 0.971 bits per heavy atom. The van der Waals surface area contributed by atoms with Crippen LogP contribution in [0.4, 0.5) is 0 Å². The maximum absolute atomic E-state index is 13.2. The molecular weight excluding hydrogens is 444 g/mol. The molecule has 1 aliphatic carbocycles. The molecule has 0 radical (unpaired) electrons. The van der Waals surface area contributed by atoms with Crippen molar-refractivity contribution < 1.29 is 14.3 Å². The van der Waals surface area contributed by atoms with Gasteiger partial charge < -0.3 is 14.6 Å². The van der Waals surface area contributed by atoms with Gasteiger partial charge in [0, 0.05) is 24.2 Å². The summed E-state index contributed by atoms with van der Waals surface area (Å²) in [5, 5.41) is 5.15. The van der Waals surface area contributed by atoms with Crippen LogP contribution in [-0.2, 0) is 16.1 Å². The minimum atomic E-state index is -0.140. The number of fused-ring (bicyclic) bond motifs is 1. The average Bonchev–Trinajstić information content (AvgIpc) is 3.48. The summed E-state index contributed by atoms with van der Waals surface area (Å²) in [6.45, 7) is 0.708. The smallest absolute Gasteiger partial charge is 0.308 e. The number of hydrogen-bond acceptors (Lipinski definition) is 4. The fraction of sp³-hybridized carbons (Fsp3) is 0.286. The van der Waals surface area contributed by atoms with Gasteiger partial charge in [-0.25, -0.2) is 0 Å². The lowest BCUT2D eigenvalue weighted by atomic mass is 9.86. The first kappa shape index (κ1) is 22.4. The van der Waals surface area contributed by atoms with Crippen LogP contribution < -0.4 is 5.32 Å². The number of nitrogens with zero attached hydrogens (tertiary/aromatic N) is 1. The van der Waals surface area contributed by atoms with Crippen LogP contribution in [0.15, 0.2) is 72.2 Å². The Hall–Kier alpha value is -3.38. The van der Waals surface area contributed by atoms with Gasteiger partial charge in [0.15, 0.2) is 0 Å². The van der Waals surface area contributed by atoms with E-state index in [0.29, 0.717) is 6.54 Å². The molecule has 0 spiro atoms. The predicted molar refractivity (Wildman–Crippen MR) is 136 cm³/mol. The van der Waals surface area contributed by atoms with Gasteiger partial charge in [-0.3, -0.25) is 9.59 Å². The summed E-state index contributed by atoms with van der Waals surface area (Å²) in [6, 6.07) is 21.1. The summed E-state index contributed by atoms with van der Waals surface area (Å²) < 4.78 is 8.14. The molecule has 6 heteroatoms. The molecule has 1 N–H and O–H groups in total.